The number of anilines is 2. The van der Waals surface area contributed by atoms with E-state index in [1.165, 1.54) is 0 Å². The van der Waals surface area contributed by atoms with Crippen LogP contribution in [0.15, 0.2) is 29.4 Å². The Morgan fingerprint density at radius 1 is 1.12 bits per heavy atom. The van der Waals surface area contributed by atoms with Crippen molar-refractivity contribution in [3.05, 3.63) is 24.3 Å². The van der Waals surface area contributed by atoms with Crippen LogP contribution in [0.2, 0.25) is 0 Å². The van der Waals surface area contributed by atoms with E-state index in [9.17, 15) is 4.79 Å². The number of carbonyl (C=O) groups is 1. The third-order valence-electron chi connectivity index (χ3n) is 3.67. The van der Waals surface area contributed by atoms with Crippen molar-refractivity contribution >= 4 is 23.2 Å². The Balaban J connectivity index is 1.90. The number of hydrazone groups is 1. The zero-order chi connectivity index (χ0) is 19.2. The standard InChI is InChI=1S/C18H22N6O2/c1-18(2,3)26-17(25)24-10-8-23(9-11-24)16-6-4-14(5-7-16)21-22-15(12-19)13-20/h4-7,21H,8-11H2,1-3H3. The molecule has 1 saturated heterocycles. The van der Waals surface area contributed by atoms with E-state index in [2.05, 4.69) is 15.4 Å². The molecule has 136 valence electrons. The number of amides is 1. The van der Waals surface area contributed by atoms with Gasteiger partial charge in [0.25, 0.3) is 0 Å². The fraction of sp³-hybridized carbons (Fsp3) is 0.444. The van der Waals surface area contributed by atoms with E-state index in [-0.39, 0.29) is 11.8 Å². The van der Waals surface area contributed by atoms with Gasteiger partial charge in [0.05, 0.1) is 5.69 Å². The minimum absolute atomic E-state index is 0.229. The number of carbonyl (C=O) groups excluding carboxylic acids is 1. The highest BCUT2D eigenvalue weighted by Gasteiger charge is 2.25. The summed E-state index contributed by atoms with van der Waals surface area (Å²) < 4.78 is 5.40. The summed E-state index contributed by atoms with van der Waals surface area (Å²) >= 11 is 0. The summed E-state index contributed by atoms with van der Waals surface area (Å²) in [5.41, 5.74) is 3.67. The summed E-state index contributed by atoms with van der Waals surface area (Å²) in [4.78, 5) is 16.0. The summed E-state index contributed by atoms with van der Waals surface area (Å²) in [6, 6.07) is 10.9. The Morgan fingerprint density at radius 3 is 2.19 bits per heavy atom. The van der Waals surface area contributed by atoms with E-state index >= 15 is 0 Å². The molecule has 26 heavy (non-hydrogen) atoms. The van der Waals surface area contributed by atoms with E-state index in [0.717, 1.165) is 18.8 Å². The van der Waals surface area contributed by atoms with E-state index in [1.54, 1.807) is 17.0 Å². The smallest absolute Gasteiger partial charge is 0.410 e. The van der Waals surface area contributed by atoms with Crippen LogP contribution in [-0.2, 0) is 4.74 Å². The Morgan fingerprint density at radius 2 is 1.69 bits per heavy atom. The Kier molecular flexibility index (Phi) is 6.03. The molecule has 1 heterocycles. The van der Waals surface area contributed by atoms with Crippen molar-refractivity contribution in [3.8, 4) is 12.1 Å². The van der Waals surface area contributed by atoms with Gasteiger partial charge in [0, 0.05) is 31.9 Å². The second-order valence-corrected chi connectivity index (χ2v) is 6.80. The SMILES string of the molecule is CC(C)(C)OC(=O)N1CCN(c2ccc(NN=C(C#N)C#N)cc2)CC1. The lowest BCUT2D eigenvalue weighted by Gasteiger charge is -2.36. The second-order valence-electron chi connectivity index (χ2n) is 6.80. The molecule has 1 amide bonds. The van der Waals surface area contributed by atoms with Crippen LogP contribution in [-0.4, -0.2) is 48.5 Å². The molecule has 0 spiro atoms. The van der Waals surface area contributed by atoms with Gasteiger partial charge in [-0.25, -0.2) is 4.79 Å². The molecule has 0 unspecified atom stereocenters. The average Bonchev–Trinajstić information content (AvgIpc) is 2.62. The first kappa shape index (κ1) is 19.1. The van der Waals surface area contributed by atoms with Crippen molar-refractivity contribution in [2.24, 2.45) is 5.10 Å². The first-order valence-corrected chi connectivity index (χ1v) is 8.29. The van der Waals surface area contributed by atoms with Crippen LogP contribution in [0.3, 0.4) is 0 Å². The van der Waals surface area contributed by atoms with Gasteiger partial charge in [0.1, 0.15) is 17.7 Å². The Hall–Kier alpha value is -3.26. The third-order valence-corrected chi connectivity index (χ3v) is 3.67. The van der Waals surface area contributed by atoms with Crippen LogP contribution in [0, 0.1) is 22.7 Å². The molecule has 0 bridgehead atoms. The van der Waals surface area contributed by atoms with Crippen LogP contribution in [0.5, 0.6) is 0 Å². The maximum atomic E-state index is 12.1. The number of nitrogens with zero attached hydrogens (tertiary/aromatic N) is 5. The molecule has 1 fully saturated rings. The van der Waals surface area contributed by atoms with Gasteiger partial charge >= 0.3 is 6.09 Å². The maximum Gasteiger partial charge on any atom is 0.410 e. The van der Waals surface area contributed by atoms with Crippen molar-refractivity contribution in [1.82, 2.24) is 4.90 Å². The summed E-state index contributed by atoms with van der Waals surface area (Å²) in [6.45, 7) is 8.22. The molecule has 0 aromatic heterocycles. The van der Waals surface area contributed by atoms with Crippen molar-refractivity contribution in [1.29, 1.82) is 10.5 Å². The highest BCUT2D eigenvalue weighted by molar-refractivity contribution is 6.10. The highest BCUT2D eigenvalue weighted by atomic mass is 16.6. The van der Waals surface area contributed by atoms with E-state index < -0.39 is 5.60 Å². The molecular formula is C18H22N6O2. The van der Waals surface area contributed by atoms with Gasteiger partial charge in [-0.1, -0.05) is 0 Å². The number of ether oxygens (including phenoxy) is 1. The van der Waals surface area contributed by atoms with Crippen LogP contribution in [0.1, 0.15) is 20.8 Å². The zero-order valence-electron chi connectivity index (χ0n) is 15.2. The molecule has 0 radical (unpaired) electrons. The molecule has 8 heteroatoms. The predicted molar refractivity (Wildman–Crippen MR) is 98.7 cm³/mol. The van der Waals surface area contributed by atoms with Crippen LogP contribution < -0.4 is 10.3 Å². The first-order chi connectivity index (χ1) is 12.3. The number of nitrogens with one attached hydrogen (secondary N) is 1. The average molecular weight is 354 g/mol. The fourth-order valence-corrected chi connectivity index (χ4v) is 2.42. The molecule has 1 N–H and O–H groups in total. The highest BCUT2D eigenvalue weighted by Crippen LogP contribution is 2.20. The number of hydrogen-bond donors (Lipinski definition) is 1. The molecule has 8 nitrogen and oxygen atoms in total. The van der Waals surface area contributed by atoms with Gasteiger partial charge in [-0.3, -0.25) is 5.43 Å². The van der Waals surface area contributed by atoms with Crippen molar-refractivity contribution in [3.63, 3.8) is 0 Å². The van der Waals surface area contributed by atoms with Gasteiger partial charge in [0.2, 0.25) is 5.71 Å². The molecular weight excluding hydrogens is 332 g/mol. The van der Waals surface area contributed by atoms with Crippen LogP contribution in [0.4, 0.5) is 16.2 Å². The largest absolute Gasteiger partial charge is 0.444 e. The summed E-state index contributed by atoms with van der Waals surface area (Å²) in [6.07, 6.45) is -0.277. The normalized spacial score (nSPS) is 14.0. The molecule has 2 rings (SSSR count). The Bertz CT molecular complexity index is 728. The first-order valence-electron chi connectivity index (χ1n) is 8.29. The van der Waals surface area contributed by atoms with Gasteiger partial charge in [-0.15, -0.1) is 0 Å². The molecule has 0 saturated carbocycles. The fourth-order valence-electron chi connectivity index (χ4n) is 2.42. The van der Waals surface area contributed by atoms with Crippen LogP contribution in [0.25, 0.3) is 0 Å². The number of benzene rings is 1. The summed E-state index contributed by atoms with van der Waals surface area (Å²) in [5, 5.41) is 21.0. The second kappa shape index (κ2) is 8.21. The Labute approximate surface area is 153 Å². The number of nitriles is 2. The molecule has 1 aromatic rings. The molecule has 1 aromatic carbocycles. The van der Waals surface area contributed by atoms with E-state index in [1.807, 2.05) is 45.0 Å². The molecule has 1 aliphatic heterocycles. The van der Waals surface area contributed by atoms with Gasteiger partial charge in [-0.05, 0) is 45.0 Å². The van der Waals surface area contributed by atoms with E-state index in [0.29, 0.717) is 18.8 Å². The summed E-state index contributed by atoms with van der Waals surface area (Å²) in [7, 11) is 0. The van der Waals surface area contributed by atoms with Gasteiger partial charge in [0.15, 0.2) is 0 Å². The lowest BCUT2D eigenvalue weighted by atomic mass is 10.2. The molecule has 0 atom stereocenters. The minimum Gasteiger partial charge on any atom is -0.444 e. The summed E-state index contributed by atoms with van der Waals surface area (Å²) in [5.74, 6) is 0. The van der Waals surface area contributed by atoms with Gasteiger partial charge < -0.3 is 14.5 Å². The van der Waals surface area contributed by atoms with Crippen molar-refractivity contribution in [2.45, 2.75) is 26.4 Å². The van der Waals surface area contributed by atoms with E-state index in [4.69, 9.17) is 15.3 Å². The molecule has 0 aliphatic carbocycles. The monoisotopic (exact) mass is 354 g/mol. The lowest BCUT2D eigenvalue weighted by Crippen LogP contribution is -2.50. The van der Waals surface area contributed by atoms with Crippen molar-refractivity contribution < 1.29 is 9.53 Å². The zero-order valence-corrected chi connectivity index (χ0v) is 15.2. The predicted octanol–water partition coefficient (Wildman–Crippen LogP) is 2.56. The number of hydrogen-bond acceptors (Lipinski definition) is 7. The lowest BCUT2D eigenvalue weighted by molar-refractivity contribution is 0.0240. The van der Waals surface area contributed by atoms with Crippen molar-refractivity contribution in [2.75, 3.05) is 36.5 Å². The number of rotatable bonds is 3. The van der Waals surface area contributed by atoms with Gasteiger partial charge in [-0.2, -0.15) is 15.6 Å². The van der Waals surface area contributed by atoms with Crippen LogP contribution >= 0.6 is 0 Å². The topological polar surface area (TPSA) is 105 Å². The maximum absolute atomic E-state index is 12.1. The quantitative estimate of drug-likeness (QED) is 0.661. The minimum atomic E-state index is -0.490. The third kappa shape index (κ3) is 5.38. The number of piperazine rings is 1. The molecule has 1 aliphatic rings.